The molecule has 0 bridgehead atoms. The van der Waals surface area contributed by atoms with Crippen molar-refractivity contribution in [3.8, 4) is 5.75 Å². The molecule has 0 spiro atoms. The van der Waals surface area contributed by atoms with Crippen molar-refractivity contribution in [2.75, 3.05) is 20.2 Å². The summed E-state index contributed by atoms with van der Waals surface area (Å²) in [4.78, 5) is 9.49. The van der Waals surface area contributed by atoms with E-state index in [0.717, 1.165) is 25.3 Å². The van der Waals surface area contributed by atoms with Gasteiger partial charge in [-0.15, -0.1) is 0 Å². The van der Waals surface area contributed by atoms with Gasteiger partial charge in [0.05, 0.1) is 30.0 Å². The van der Waals surface area contributed by atoms with Crippen molar-refractivity contribution in [3.63, 3.8) is 0 Å². The SMILES string of the molecule is COc1cc(S(=O)(=O)NCC(F)(F)CN)ccc1[N+](=O)[O-]. The molecule has 0 aromatic heterocycles. The Balaban J connectivity index is 3.07. The first-order valence-electron chi connectivity index (χ1n) is 5.53. The Morgan fingerprint density at radius 2 is 2.10 bits per heavy atom. The molecule has 0 atom stereocenters. The zero-order valence-corrected chi connectivity index (χ0v) is 11.7. The molecule has 21 heavy (non-hydrogen) atoms. The van der Waals surface area contributed by atoms with Gasteiger partial charge in [-0.05, 0) is 6.07 Å². The second-order valence-electron chi connectivity index (χ2n) is 3.98. The second kappa shape index (κ2) is 6.28. The van der Waals surface area contributed by atoms with E-state index in [1.807, 2.05) is 0 Å². The number of ether oxygens (including phenoxy) is 1. The van der Waals surface area contributed by atoms with Crippen LogP contribution < -0.4 is 15.2 Å². The molecule has 1 aromatic rings. The number of hydrogen-bond acceptors (Lipinski definition) is 6. The van der Waals surface area contributed by atoms with Gasteiger partial charge in [0.25, 0.3) is 5.92 Å². The van der Waals surface area contributed by atoms with E-state index in [9.17, 15) is 27.3 Å². The van der Waals surface area contributed by atoms with Crippen molar-refractivity contribution >= 4 is 15.7 Å². The maximum Gasteiger partial charge on any atom is 0.310 e. The number of nitro benzene ring substituents is 1. The van der Waals surface area contributed by atoms with Crippen molar-refractivity contribution in [1.29, 1.82) is 0 Å². The summed E-state index contributed by atoms with van der Waals surface area (Å²) in [6.45, 7) is -2.19. The van der Waals surface area contributed by atoms with Gasteiger partial charge in [0.1, 0.15) is 0 Å². The molecule has 8 nitrogen and oxygen atoms in total. The summed E-state index contributed by atoms with van der Waals surface area (Å²) in [6, 6.07) is 2.71. The van der Waals surface area contributed by atoms with Crippen molar-refractivity contribution in [2.24, 2.45) is 5.73 Å². The Morgan fingerprint density at radius 1 is 1.48 bits per heavy atom. The molecule has 0 fully saturated rings. The highest BCUT2D eigenvalue weighted by molar-refractivity contribution is 7.89. The van der Waals surface area contributed by atoms with Crippen molar-refractivity contribution in [1.82, 2.24) is 4.72 Å². The van der Waals surface area contributed by atoms with E-state index in [1.165, 1.54) is 0 Å². The van der Waals surface area contributed by atoms with E-state index < -0.39 is 44.5 Å². The number of nitro groups is 1. The number of rotatable bonds is 7. The molecule has 0 radical (unpaired) electrons. The molecule has 0 amide bonds. The summed E-state index contributed by atoms with van der Waals surface area (Å²) in [7, 11) is -3.15. The number of sulfonamides is 1. The van der Waals surface area contributed by atoms with Gasteiger partial charge in [-0.1, -0.05) is 0 Å². The van der Waals surface area contributed by atoms with Gasteiger partial charge in [-0.3, -0.25) is 10.1 Å². The van der Waals surface area contributed by atoms with Gasteiger partial charge in [0.2, 0.25) is 10.0 Å². The first kappa shape index (κ1) is 17.2. The third-order valence-corrected chi connectivity index (χ3v) is 3.88. The van der Waals surface area contributed by atoms with Crippen LogP contribution in [0.4, 0.5) is 14.5 Å². The number of alkyl halides is 2. The van der Waals surface area contributed by atoms with Crippen molar-refractivity contribution in [3.05, 3.63) is 28.3 Å². The molecule has 118 valence electrons. The topological polar surface area (TPSA) is 125 Å². The van der Waals surface area contributed by atoms with Crippen LogP contribution in [0.25, 0.3) is 0 Å². The lowest BCUT2D eigenvalue weighted by Crippen LogP contribution is -2.41. The summed E-state index contributed by atoms with van der Waals surface area (Å²) in [6.07, 6.45) is 0. The molecule has 0 aliphatic rings. The molecule has 0 heterocycles. The van der Waals surface area contributed by atoms with E-state index in [4.69, 9.17) is 10.5 Å². The van der Waals surface area contributed by atoms with Crippen LogP contribution in [-0.4, -0.2) is 39.5 Å². The highest BCUT2D eigenvalue weighted by Crippen LogP contribution is 2.29. The minimum absolute atomic E-state index is 0.298. The lowest BCUT2D eigenvalue weighted by molar-refractivity contribution is -0.385. The minimum Gasteiger partial charge on any atom is -0.490 e. The van der Waals surface area contributed by atoms with E-state index in [1.54, 1.807) is 4.72 Å². The first-order chi connectivity index (χ1) is 9.63. The standard InChI is InChI=1S/C10H13F2N3O5S/c1-20-9-4-7(2-3-8(9)15(16)17)21(18,19)14-6-10(11,12)5-13/h2-4,14H,5-6,13H2,1H3. The highest BCUT2D eigenvalue weighted by atomic mass is 32.2. The van der Waals surface area contributed by atoms with Gasteiger partial charge in [-0.2, -0.15) is 0 Å². The molecule has 0 saturated heterocycles. The quantitative estimate of drug-likeness (QED) is 0.555. The van der Waals surface area contributed by atoms with E-state index in [2.05, 4.69) is 0 Å². The average molecular weight is 325 g/mol. The maximum atomic E-state index is 12.9. The fourth-order valence-corrected chi connectivity index (χ4v) is 2.41. The number of methoxy groups -OCH3 is 1. The molecular weight excluding hydrogens is 312 g/mol. The van der Waals surface area contributed by atoms with Gasteiger partial charge < -0.3 is 10.5 Å². The van der Waals surface area contributed by atoms with Gasteiger partial charge in [0.15, 0.2) is 5.75 Å². The summed E-state index contributed by atoms with van der Waals surface area (Å²) >= 11 is 0. The molecule has 0 aliphatic heterocycles. The molecular formula is C10H13F2N3O5S. The monoisotopic (exact) mass is 325 g/mol. The van der Waals surface area contributed by atoms with Crippen LogP contribution in [0, 0.1) is 10.1 Å². The lowest BCUT2D eigenvalue weighted by Gasteiger charge is -2.15. The van der Waals surface area contributed by atoms with E-state index in [-0.39, 0.29) is 5.75 Å². The van der Waals surface area contributed by atoms with Crippen LogP contribution in [0.2, 0.25) is 0 Å². The summed E-state index contributed by atoms with van der Waals surface area (Å²) in [5.41, 5.74) is 4.35. The zero-order chi connectivity index (χ0) is 16.3. The summed E-state index contributed by atoms with van der Waals surface area (Å²) < 4.78 is 56.0. The van der Waals surface area contributed by atoms with Crippen LogP contribution in [0.5, 0.6) is 5.75 Å². The predicted octanol–water partition coefficient (Wildman–Crippen LogP) is 0.476. The maximum absolute atomic E-state index is 12.9. The number of benzene rings is 1. The molecule has 0 unspecified atom stereocenters. The van der Waals surface area contributed by atoms with Crippen LogP contribution in [0.1, 0.15) is 0 Å². The smallest absolute Gasteiger partial charge is 0.310 e. The zero-order valence-electron chi connectivity index (χ0n) is 10.9. The molecule has 3 N–H and O–H groups in total. The molecule has 0 aliphatic carbocycles. The number of hydrogen-bond donors (Lipinski definition) is 2. The molecule has 1 rings (SSSR count). The number of halogens is 2. The Kier molecular flexibility index (Phi) is 5.15. The Morgan fingerprint density at radius 3 is 2.57 bits per heavy atom. The predicted molar refractivity (Wildman–Crippen MR) is 68.8 cm³/mol. The van der Waals surface area contributed by atoms with E-state index in [0.29, 0.717) is 0 Å². The molecule has 11 heteroatoms. The fraction of sp³-hybridized carbons (Fsp3) is 0.400. The van der Waals surface area contributed by atoms with Crippen molar-refractivity contribution in [2.45, 2.75) is 10.8 Å². The minimum atomic E-state index is -4.27. The van der Waals surface area contributed by atoms with Crippen LogP contribution in [-0.2, 0) is 10.0 Å². The largest absolute Gasteiger partial charge is 0.490 e. The van der Waals surface area contributed by atoms with Crippen LogP contribution >= 0.6 is 0 Å². The summed E-state index contributed by atoms with van der Waals surface area (Å²) in [5.74, 6) is -3.69. The normalized spacial score (nSPS) is 12.2. The van der Waals surface area contributed by atoms with Crippen LogP contribution in [0.3, 0.4) is 0 Å². The fourth-order valence-electron chi connectivity index (χ4n) is 1.33. The number of nitrogens with zero attached hydrogens (tertiary/aromatic N) is 1. The third kappa shape index (κ3) is 4.31. The molecule has 1 aromatic carbocycles. The Bertz CT molecular complexity index is 636. The van der Waals surface area contributed by atoms with Gasteiger partial charge >= 0.3 is 5.69 Å². The lowest BCUT2D eigenvalue weighted by atomic mass is 10.3. The number of nitrogens with one attached hydrogen (secondary N) is 1. The first-order valence-corrected chi connectivity index (χ1v) is 7.01. The highest BCUT2D eigenvalue weighted by Gasteiger charge is 2.30. The second-order valence-corrected chi connectivity index (χ2v) is 5.74. The van der Waals surface area contributed by atoms with E-state index >= 15 is 0 Å². The Hall–Kier alpha value is -1.85. The third-order valence-electron chi connectivity index (χ3n) is 2.48. The molecule has 0 saturated carbocycles. The Labute approximate surface area is 119 Å². The van der Waals surface area contributed by atoms with Gasteiger partial charge in [0, 0.05) is 12.1 Å². The van der Waals surface area contributed by atoms with Crippen LogP contribution in [0.15, 0.2) is 23.1 Å². The van der Waals surface area contributed by atoms with Gasteiger partial charge in [-0.25, -0.2) is 21.9 Å². The average Bonchev–Trinajstić information content (AvgIpc) is 2.44. The number of nitrogens with two attached hydrogens (primary N) is 1. The van der Waals surface area contributed by atoms with Crippen molar-refractivity contribution < 1.29 is 26.9 Å². The summed E-state index contributed by atoms with van der Waals surface area (Å²) in [5, 5.41) is 10.7.